The van der Waals surface area contributed by atoms with Gasteiger partial charge in [-0.05, 0) is 38.4 Å². The molecule has 20 heavy (non-hydrogen) atoms. The number of hydrogen-bond acceptors (Lipinski definition) is 3. The van der Waals surface area contributed by atoms with Crippen molar-refractivity contribution in [1.29, 1.82) is 0 Å². The van der Waals surface area contributed by atoms with E-state index >= 15 is 0 Å². The second kappa shape index (κ2) is 13.7. The molecule has 0 rings (SSSR count). The largest absolute Gasteiger partial charge is 0.465 e. The summed E-state index contributed by atoms with van der Waals surface area (Å²) in [6, 6.07) is 0. The molecule has 0 aromatic carbocycles. The summed E-state index contributed by atoms with van der Waals surface area (Å²) in [5.41, 5.74) is 0. The molecule has 0 radical (unpaired) electrons. The van der Waals surface area contributed by atoms with Crippen molar-refractivity contribution in [2.75, 3.05) is 12.4 Å². The second-order valence-corrected chi connectivity index (χ2v) is 6.61. The number of hydrogen-bond donors (Lipinski definition) is 0. The summed E-state index contributed by atoms with van der Waals surface area (Å²) < 4.78 is 18.1. The number of thioether (sulfide) groups is 1. The van der Waals surface area contributed by atoms with Crippen LogP contribution < -0.4 is 0 Å². The van der Waals surface area contributed by atoms with Gasteiger partial charge in [0.25, 0.3) is 0 Å². The highest BCUT2D eigenvalue weighted by molar-refractivity contribution is 8.00. The molecule has 0 heterocycles. The minimum atomic E-state index is -0.745. The predicted molar refractivity (Wildman–Crippen MR) is 86.1 cm³/mol. The Bertz CT molecular complexity index is 235. The first-order valence-electron chi connectivity index (χ1n) is 8.04. The summed E-state index contributed by atoms with van der Waals surface area (Å²) in [6.07, 6.45) is 6.89. The Morgan fingerprint density at radius 1 is 1.10 bits per heavy atom. The average Bonchev–Trinajstić information content (AvgIpc) is 2.41. The maximum absolute atomic E-state index is 12.7. The molecular formula is C16H31FO2S. The highest BCUT2D eigenvalue weighted by Gasteiger charge is 2.19. The van der Waals surface area contributed by atoms with Gasteiger partial charge in [0, 0.05) is 0 Å². The third kappa shape index (κ3) is 11.6. The van der Waals surface area contributed by atoms with Crippen molar-refractivity contribution in [2.24, 2.45) is 0 Å². The molecule has 0 fully saturated rings. The molecule has 0 spiro atoms. The summed E-state index contributed by atoms with van der Waals surface area (Å²) >= 11 is 1.64. The van der Waals surface area contributed by atoms with E-state index in [0.29, 0.717) is 13.0 Å². The maximum atomic E-state index is 12.7. The van der Waals surface area contributed by atoms with Crippen LogP contribution in [0.5, 0.6) is 0 Å². The standard InChI is InChI=1S/C16H31FO2S/c1-4-6-8-11-15(16(18)19-12-7-5-2)20-13-9-10-14(3)17/h14-15H,4-13H2,1-3H3. The van der Waals surface area contributed by atoms with E-state index in [4.69, 9.17) is 4.74 Å². The molecule has 0 aliphatic rings. The van der Waals surface area contributed by atoms with Crippen molar-refractivity contribution in [2.45, 2.75) is 83.6 Å². The SMILES string of the molecule is CCCCCC(SCCCC(C)F)C(=O)OCCCC. The fourth-order valence-corrected chi connectivity index (χ4v) is 3.00. The molecular weight excluding hydrogens is 275 g/mol. The van der Waals surface area contributed by atoms with Crippen LogP contribution in [0, 0.1) is 0 Å². The minimum Gasteiger partial charge on any atom is -0.465 e. The van der Waals surface area contributed by atoms with E-state index in [0.717, 1.165) is 50.7 Å². The Hall–Kier alpha value is -0.250. The van der Waals surface area contributed by atoms with Crippen molar-refractivity contribution in [3.05, 3.63) is 0 Å². The lowest BCUT2D eigenvalue weighted by atomic mass is 10.1. The van der Waals surface area contributed by atoms with E-state index in [1.807, 2.05) is 0 Å². The van der Waals surface area contributed by atoms with Crippen LogP contribution in [0.3, 0.4) is 0 Å². The van der Waals surface area contributed by atoms with E-state index in [9.17, 15) is 9.18 Å². The van der Waals surface area contributed by atoms with Gasteiger partial charge in [-0.25, -0.2) is 4.39 Å². The van der Waals surface area contributed by atoms with Gasteiger partial charge in [0.15, 0.2) is 0 Å². The Kier molecular flexibility index (Phi) is 13.5. The predicted octanol–water partition coefficient (Wildman–Crippen LogP) is 5.15. The van der Waals surface area contributed by atoms with Gasteiger partial charge in [-0.2, -0.15) is 0 Å². The highest BCUT2D eigenvalue weighted by atomic mass is 32.2. The summed E-state index contributed by atoms with van der Waals surface area (Å²) in [6.45, 7) is 6.36. The molecule has 0 N–H and O–H groups in total. The Labute approximate surface area is 128 Å². The molecule has 120 valence electrons. The zero-order chi connectivity index (χ0) is 15.2. The molecule has 4 heteroatoms. The van der Waals surface area contributed by atoms with Crippen LogP contribution in [-0.4, -0.2) is 29.8 Å². The smallest absolute Gasteiger partial charge is 0.319 e. The monoisotopic (exact) mass is 306 g/mol. The first kappa shape index (κ1) is 19.8. The number of halogens is 1. The van der Waals surface area contributed by atoms with Gasteiger partial charge in [0.1, 0.15) is 5.25 Å². The molecule has 0 aliphatic heterocycles. The molecule has 0 amide bonds. The van der Waals surface area contributed by atoms with E-state index in [2.05, 4.69) is 13.8 Å². The topological polar surface area (TPSA) is 26.3 Å². The van der Waals surface area contributed by atoms with Crippen LogP contribution >= 0.6 is 11.8 Å². The minimum absolute atomic E-state index is 0.0617. The first-order valence-corrected chi connectivity index (χ1v) is 9.09. The Morgan fingerprint density at radius 2 is 1.80 bits per heavy atom. The number of esters is 1. The summed E-state index contributed by atoms with van der Waals surface area (Å²) in [5, 5.41) is -0.0617. The Balaban J connectivity index is 4.00. The van der Waals surface area contributed by atoms with Crippen molar-refractivity contribution in [3.8, 4) is 0 Å². The maximum Gasteiger partial charge on any atom is 0.319 e. The summed E-state index contributed by atoms with van der Waals surface area (Å²) in [5.74, 6) is 0.765. The normalized spacial score (nSPS) is 14.0. The van der Waals surface area contributed by atoms with E-state index in [1.165, 1.54) is 0 Å². The number of carbonyl (C=O) groups is 1. The van der Waals surface area contributed by atoms with Crippen LogP contribution in [0.1, 0.15) is 72.1 Å². The van der Waals surface area contributed by atoms with Gasteiger partial charge in [0.05, 0.1) is 12.8 Å². The quantitative estimate of drug-likeness (QED) is 0.348. The number of ether oxygens (including phenoxy) is 1. The van der Waals surface area contributed by atoms with Crippen LogP contribution in [-0.2, 0) is 9.53 Å². The molecule has 2 unspecified atom stereocenters. The van der Waals surface area contributed by atoms with E-state index in [1.54, 1.807) is 18.7 Å². The van der Waals surface area contributed by atoms with Crippen LogP contribution in [0.2, 0.25) is 0 Å². The van der Waals surface area contributed by atoms with Gasteiger partial charge in [0.2, 0.25) is 0 Å². The van der Waals surface area contributed by atoms with E-state index < -0.39 is 6.17 Å². The average molecular weight is 306 g/mol. The van der Waals surface area contributed by atoms with Gasteiger partial charge < -0.3 is 4.74 Å². The molecule has 0 saturated carbocycles. The number of rotatable bonds is 13. The van der Waals surface area contributed by atoms with E-state index in [-0.39, 0.29) is 11.2 Å². The van der Waals surface area contributed by atoms with Gasteiger partial charge in [-0.1, -0.05) is 39.5 Å². The molecule has 0 aromatic heterocycles. The Morgan fingerprint density at radius 3 is 2.40 bits per heavy atom. The number of alkyl halides is 1. The van der Waals surface area contributed by atoms with Crippen molar-refractivity contribution < 1.29 is 13.9 Å². The first-order chi connectivity index (χ1) is 9.61. The van der Waals surface area contributed by atoms with Crippen molar-refractivity contribution >= 4 is 17.7 Å². The van der Waals surface area contributed by atoms with Gasteiger partial charge in [-0.15, -0.1) is 11.8 Å². The number of unbranched alkanes of at least 4 members (excludes halogenated alkanes) is 3. The van der Waals surface area contributed by atoms with Crippen LogP contribution in [0.25, 0.3) is 0 Å². The van der Waals surface area contributed by atoms with Gasteiger partial charge in [-0.3, -0.25) is 4.79 Å². The van der Waals surface area contributed by atoms with Crippen LogP contribution in [0.15, 0.2) is 0 Å². The molecule has 0 bridgehead atoms. The molecule has 2 atom stereocenters. The zero-order valence-electron chi connectivity index (χ0n) is 13.3. The second-order valence-electron chi connectivity index (χ2n) is 5.30. The lowest BCUT2D eigenvalue weighted by molar-refractivity contribution is -0.143. The fraction of sp³-hybridized carbons (Fsp3) is 0.938. The summed E-state index contributed by atoms with van der Waals surface area (Å²) in [7, 11) is 0. The molecule has 0 aliphatic carbocycles. The summed E-state index contributed by atoms with van der Waals surface area (Å²) in [4.78, 5) is 12.0. The molecule has 0 aromatic rings. The fourth-order valence-electron chi connectivity index (χ4n) is 1.85. The molecule has 2 nitrogen and oxygen atoms in total. The van der Waals surface area contributed by atoms with Crippen molar-refractivity contribution in [1.82, 2.24) is 0 Å². The lowest BCUT2D eigenvalue weighted by Gasteiger charge is -2.15. The highest BCUT2D eigenvalue weighted by Crippen LogP contribution is 2.21. The third-order valence-corrected chi connectivity index (χ3v) is 4.50. The third-order valence-electron chi connectivity index (χ3n) is 3.14. The number of carbonyl (C=O) groups excluding carboxylic acids is 1. The zero-order valence-corrected chi connectivity index (χ0v) is 14.1. The lowest BCUT2D eigenvalue weighted by Crippen LogP contribution is -2.21. The van der Waals surface area contributed by atoms with Crippen molar-refractivity contribution in [3.63, 3.8) is 0 Å². The van der Waals surface area contributed by atoms with Crippen LogP contribution in [0.4, 0.5) is 4.39 Å². The molecule has 0 saturated heterocycles. The van der Waals surface area contributed by atoms with Gasteiger partial charge >= 0.3 is 5.97 Å².